The van der Waals surface area contributed by atoms with Crippen molar-refractivity contribution in [1.29, 1.82) is 0 Å². The summed E-state index contributed by atoms with van der Waals surface area (Å²) in [6, 6.07) is 0. The molecule has 0 saturated carbocycles. The van der Waals surface area contributed by atoms with Crippen molar-refractivity contribution in [3.05, 3.63) is 11.3 Å². The van der Waals surface area contributed by atoms with Crippen LogP contribution in [0.3, 0.4) is 0 Å². The smallest absolute Gasteiger partial charge is 0.314 e. The van der Waals surface area contributed by atoms with E-state index in [-0.39, 0.29) is 33.4 Å². The van der Waals surface area contributed by atoms with Crippen LogP contribution in [0.15, 0.2) is 11.3 Å². The first-order valence-corrected chi connectivity index (χ1v) is 17.9. The maximum absolute atomic E-state index is 13.4. The van der Waals surface area contributed by atoms with Crippen LogP contribution in [0.5, 0.6) is 0 Å². The van der Waals surface area contributed by atoms with Gasteiger partial charge in [0.25, 0.3) is 0 Å². The van der Waals surface area contributed by atoms with Crippen LogP contribution >= 0.6 is 23.5 Å². The number of hydrogen-bond donors (Lipinski definition) is 0. The number of rotatable bonds is 6. The molecule has 1 aliphatic carbocycles. The highest BCUT2D eigenvalue weighted by molar-refractivity contribution is 8.18. The van der Waals surface area contributed by atoms with E-state index in [4.69, 9.17) is 23.4 Å². The summed E-state index contributed by atoms with van der Waals surface area (Å²) in [5.74, 6) is 3.00. The summed E-state index contributed by atoms with van der Waals surface area (Å²) in [5.41, 5.74) is 0.509. The Morgan fingerprint density at radius 2 is 1.77 bits per heavy atom. The van der Waals surface area contributed by atoms with Crippen LogP contribution in [0.4, 0.5) is 0 Å². The third-order valence-corrected chi connectivity index (χ3v) is 16.5. The SMILES string of the molecule is COC(=O)[C@@]12CCC(O[Si](C)(C)C(C)(C)C)=C(C)[C@H]1[C@H](C1(CC3OCCCO3)SCCCS1)OC2. The molecule has 0 bridgehead atoms. The molecule has 0 aromatic rings. The van der Waals surface area contributed by atoms with Crippen molar-refractivity contribution in [2.24, 2.45) is 11.3 Å². The normalized spacial score (nSPS) is 32.3. The summed E-state index contributed by atoms with van der Waals surface area (Å²) in [4.78, 5) is 13.4. The molecule has 6 nitrogen and oxygen atoms in total. The van der Waals surface area contributed by atoms with Gasteiger partial charge >= 0.3 is 5.97 Å². The molecule has 0 N–H and O–H groups in total. The lowest BCUT2D eigenvalue weighted by atomic mass is 9.65. The number of esters is 1. The minimum absolute atomic E-state index is 0.0786. The summed E-state index contributed by atoms with van der Waals surface area (Å²) >= 11 is 3.93. The number of fused-ring (bicyclic) bond motifs is 1. The van der Waals surface area contributed by atoms with Gasteiger partial charge in [0.15, 0.2) is 6.29 Å². The third kappa shape index (κ3) is 5.24. The Bertz CT molecular complexity index is 813. The van der Waals surface area contributed by atoms with Crippen molar-refractivity contribution in [3.63, 3.8) is 0 Å². The maximum Gasteiger partial charge on any atom is 0.314 e. The predicted molar refractivity (Wildman–Crippen MR) is 145 cm³/mol. The van der Waals surface area contributed by atoms with Crippen LogP contribution in [0.2, 0.25) is 18.1 Å². The fourth-order valence-electron chi connectivity index (χ4n) is 5.63. The van der Waals surface area contributed by atoms with Crippen molar-refractivity contribution >= 4 is 37.8 Å². The average molecular weight is 545 g/mol. The lowest BCUT2D eigenvalue weighted by Gasteiger charge is -2.48. The average Bonchev–Trinajstić information content (AvgIpc) is 3.23. The van der Waals surface area contributed by atoms with Crippen LogP contribution in [0.25, 0.3) is 0 Å². The molecule has 200 valence electrons. The second-order valence-electron chi connectivity index (χ2n) is 11.9. The van der Waals surface area contributed by atoms with Crippen molar-refractivity contribution < 1.29 is 28.2 Å². The van der Waals surface area contributed by atoms with E-state index in [1.165, 1.54) is 19.1 Å². The van der Waals surface area contributed by atoms with E-state index >= 15 is 0 Å². The largest absolute Gasteiger partial charge is 0.547 e. The minimum atomic E-state index is -2.02. The Morgan fingerprint density at radius 1 is 1.11 bits per heavy atom. The third-order valence-electron chi connectivity index (χ3n) is 8.66. The van der Waals surface area contributed by atoms with Crippen LogP contribution < -0.4 is 0 Å². The molecule has 3 aliphatic heterocycles. The van der Waals surface area contributed by atoms with Gasteiger partial charge in [0.1, 0.15) is 5.41 Å². The highest BCUT2D eigenvalue weighted by Gasteiger charge is 2.64. The van der Waals surface area contributed by atoms with Crippen LogP contribution in [0, 0.1) is 11.3 Å². The number of hydrogen-bond acceptors (Lipinski definition) is 8. The molecular weight excluding hydrogens is 501 g/mol. The highest BCUT2D eigenvalue weighted by atomic mass is 32.2. The van der Waals surface area contributed by atoms with Gasteiger partial charge in [-0.25, -0.2) is 0 Å². The standard InChI is InChI=1S/C26H44O6S2Si/c1-18-19(32-35(6,7)24(2,3)4)10-11-25(23(27)28-5)17-31-22(21(18)25)26(33-14-9-15-34-26)16-20-29-12-8-13-30-20/h20-22H,8-17H2,1-7H3/t21-,22+,25+/m0/s1. The number of ether oxygens (including phenoxy) is 4. The van der Waals surface area contributed by atoms with E-state index in [1.807, 2.05) is 23.5 Å². The molecule has 3 heterocycles. The monoisotopic (exact) mass is 544 g/mol. The van der Waals surface area contributed by atoms with Gasteiger partial charge in [-0.1, -0.05) is 20.8 Å². The Morgan fingerprint density at radius 3 is 2.37 bits per heavy atom. The van der Waals surface area contributed by atoms with E-state index in [9.17, 15) is 4.79 Å². The topological polar surface area (TPSA) is 63.2 Å². The number of carbonyl (C=O) groups is 1. The second-order valence-corrected chi connectivity index (χ2v) is 19.8. The van der Waals surface area contributed by atoms with Crippen LogP contribution in [-0.4, -0.2) is 69.2 Å². The van der Waals surface area contributed by atoms with Gasteiger partial charge in [-0.15, -0.1) is 23.5 Å². The van der Waals surface area contributed by atoms with Crippen molar-refractivity contribution in [2.45, 2.75) is 94.4 Å². The Kier molecular flexibility index (Phi) is 8.37. The molecule has 4 rings (SSSR count). The predicted octanol–water partition coefficient (Wildman–Crippen LogP) is 5.97. The first kappa shape index (κ1) is 27.8. The summed E-state index contributed by atoms with van der Waals surface area (Å²) < 4.78 is 30.8. The zero-order chi connectivity index (χ0) is 25.5. The quantitative estimate of drug-likeness (QED) is 0.299. The number of allylic oxidation sites excluding steroid dienone is 1. The molecule has 3 fully saturated rings. The Balaban J connectivity index is 1.73. The molecule has 3 saturated heterocycles. The van der Waals surface area contributed by atoms with Gasteiger partial charge in [-0.3, -0.25) is 4.79 Å². The fourth-order valence-corrected chi connectivity index (χ4v) is 10.3. The minimum Gasteiger partial charge on any atom is -0.547 e. The Hall–Kier alpha value is -0.193. The molecule has 0 amide bonds. The summed E-state index contributed by atoms with van der Waals surface area (Å²) in [7, 11) is -0.513. The molecule has 9 heteroatoms. The van der Waals surface area contributed by atoms with Gasteiger partial charge in [-0.05, 0) is 61.4 Å². The molecule has 0 spiro atoms. The molecule has 0 aromatic carbocycles. The number of carbonyl (C=O) groups excluding carboxylic acids is 1. The zero-order valence-electron chi connectivity index (χ0n) is 22.6. The highest BCUT2D eigenvalue weighted by Crippen LogP contribution is 2.61. The first-order chi connectivity index (χ1) is 16.5. The zero-order valence-corrected chi connectivity index (χ0v) is 25.2. The first-order valence-electron chi connectivity index (χ1n) is 13.1. The molecule has 0 radical (unpaired) electrons. The molecular formula is C26H44O6S2Si. The Labute approximate surface area is 221 Å². The molecule has 0 aromatic heterocycles. The fraction of sp³-hybridized carbons (Fsp3) is 0.885. The van der Waals surface area contributed by atoms with E-state index in [1.54, 1.807) is 0 Å². The second kappa shape index (κ2) is 10.5. The van der Waals surface area contributed by atoms with E-state index in [0.717, 1.165) is 49.7 Å². The van der Waals surface area contributed by atoms with Crippen LogP contribution in [0.1, 0.15) is 59.8 Å². The lowest BCUT2D eigenvalue weighted by Crippen LogP contribution is -2.51. The lowest BCUT2D eigenvalue weighted by molar-refractivity contribution is -0.184. The van der Waals surface area contributed by atoms with Gasteiger partial charge in [0, 0.05) is 18.8 Å². The maximum atomic E-state index is 13.4. The summed E-state index contributed by atoms with van der Waals surface area (Å²) in [5, 5.41) is 0.106. The number of methoxy groups -OCH3 is 1. The van der Waals surface area contributed by atoms with Gasteiger partial charge in [0.2, 0.25) is 8.32 Å². The molecule has 35 heavy (non-hydrogen) atoms. The number of thioether (sulfide) groups is 2. The van der Waals surface area contributed by atoms with Crippen molar-refractivity contribution in [3.8, 4) is 0 Å². The van der Waals surface area contributed by atoms with Gasteiger partial charge < -0.3 is 23.4 Å². The van der Waals surface area contributed by atoms with Gasteiger partial charge in [0.05, 0.1) is 42.9 Å². The molecule has 0 unspecified atom stereocenters. The van der Waals surface area contributed by atoms with E-state index in [2.05, 4.69) is 40.8 Å². The molecule has 4 aliphatic rings. The van der Waals surface area contributed by atoms with E-state index < -0.39 is 13.7 Å². The van der Waals surface area contributed by atoms with Crippen LogP contribution in [-0.2, 0) is 28.2 Å². The van der Waals surface area contributed by atoms with Gasteiger partial charge in [-0.2, -0.15) is 0 Å². The van der Waals surface area contributed by atoms with Crippen molar-refractivity contribution in [1.82, 2.24) is 0 Å². The summed E-state index contributed by atoms with van der Waals surface area (Å²) in [6.45, 7) is 15.4. The molecule has 3 atom stereocenters. The van der Waals surface area contributed by atoms with Crippen molar-refractivity contribution in [2.75, 3.05) is 38.4 Å². The van der Waals surface area contributed by atoms with E-state index in [0.29, 0.717) is 13.0 Å². The summed E-state index contributed by atoms with van der Waals surface area (Å²) in [6.07, 6.45) is 3.96.